The SMILES string of the molecule is CC(C)(C)c1ccc(B2OC(C)(C)C(C)(C)O2)c(C2CCC(F)(F)CC2)n1. The Morgan fingerprint density at radius 3 is 2.00 bits per heavy atom. The van der Waals surface area contributed by atoms with Crippen molar-refractivity contribution in [2.45, 2.75) is 103 Å². The van der Waals surface area contributed by atoms with Crippen molar-refractivity contribution in [2.75, 3.05) is 0 Å². The number of rotatable bonds is 2. The molecule has 1 aliphatic carbocycles. The van der Waals surface area contributed by atoms with Gasteiger partial charge in [-0.2, -0.15) is 0 Å². The summed E-state index contributed by atoms with van der Waals surface area (Å²) in [5.41, 5.74) is 1.72. The maximum Gasteiger partial charge on any atom is 0.496 e. The normalized spacial score (nSPS) is 25.0. The Labute approximate surface area is 162 Å². The molecule has 0 unspecified atom stereocenters. The molecular formula is C21H32BF2NO2. The first-order valence-electron chi connectivity index (χ1n) is 9.97. The fourth-order valence-electron chi connectivity index (χ4n) is 3.71. The molecule has 1 saturated carbocycles. The van der Waals surface area contributed by atoms with E-state index in [2.05, 4.69) is 20.8 Å². The first-order valence-corrected chi connectivity index (χ1v) is 9.97. The number of halogens is 2. The van der Waals surface area contributed by atoms with Gasteiger partial charge < -0.3 is 9.31 Å². The van der Waals surface area contributed by atoms with Gasteiger partial charge in [0.05, 0.1) is 11.2 Å². The Morgan fingerprint density at radius 2 is 1.52 bits per heavy atom. The molecule has 1 saturated heterocycles. The fraction of sp³-hybridized carbons (Fsp3) is 0.762. The zero-order valence-corrected chi connectivity index (χ0v) is 17.7. The first-order chi connectivity index (χ1) is 12.2. The molecule has 27 heavy (non-hydrogen) atoms. The quantitative estimate of drug-likeness (QED) is 0.680. The molecule has 150 valence electrons. The molecule has 0 amide bonds. The second-order valence-electron chi connectivity index (χ2n) is 10.1. The van der Waals surface area contributed by atoms with Crippen LogP contribution in [0, 0.1) is 0 Å². The minimum Gasteiger partial charge on any atom is -0.399 e. The lowest BCUT2D eigenvalue weighted by molar-refractivity contribution is -0.0384. The minimum atomic E-state index is -2.55. The van der Waals surface area contributed by atoms with Gasteiger partial charge in [-0.25, -0.2) is 8.78 Å². The Kier molecular flexibility index (Phi) is 5.00. The second kappa shape index (κ2) is 6.52. The fourth-order valence-corrected chi connectivity index (χ4v) is 3.71. The van der Waals surface area contributed by atoms with Crippen LogP contribution < -0.4 is 5.46 Å². The third-order valence-corrected chi connectivity index (χ3v) is 6.34. The highest BCUT2D eigenvalue weighted by atomic mass is 19.3. The number of nitrogens with zero attached hydrogens (tertiary/aromatic N) is 1. The zero-order chi connectivity index (χ0) is 20.3. The molecule has 2 fully saturated rings. The van der Waals surface area contributed by atoms with Crippen LogP contribution in [0.4, 0.5) is 8.78 Å². The third kappa shape index (κ3) is 4.07. The van der Waals surface area contributed by atoms with Gasteiger partial charge in [0.25, 0.3) is 0 Å². The van der Waals surface area contributed by atoms with Crippen molar-refractivity contribution >= 4 is 12.6 Å². The lowest BCUT2D eigenvalue weighted by Crippen LogP contribution is -2.41. The molecule has 2 heterocycles. The van der Waals surface area contributed by atoms with Crippen LogP contribution in [0.2, 0.25) is 0 Å². The molecule has 3 rings (SSSR count). The Hall–Kier alpha value is -1.01. The van der Waals surface area contributed by atoms with Gasteiger partial charge in [0, 0.05) is 41.0 Å². The Balaban J connectivity index is 1.99. The van der Waals surface area contributed by atoms with E-state index in [1.54, 1.807) is 0 Å². The van der Waals surface area contributed by atoms with Crippen molar-refractivity contribution < 1.29 is 18.1 Å². The second-order valence-corrected chi connectivity index (χ2v) is 10.1. The number of alkyl halides is 2. The highest BCUT2D eigenvalue weighted by Gasteiger charge is 2.53. The van der Waals surface area contributed by atoms with Crippen LogP contribution >= 0.6 is 0 Å². The summed E-state index contributed by atoms with van der Waals surface area (Å²) in [6.45, 7) is 14.4. The molecule has 1 aromatic heterocycles. The van der Waals surface area contributed by atoms with E-state index < -0.39 is 24.2 Å². The van der Waals surface area contributed by atoms with E-state index in [4.69, 9.17) is 14.3 Å². The zero-order valence-electron chi connectivity index (χ0n) is 17.7. The summed E-state index contributed by atoms with van der Waals surface area (Å²) < 4.78 is 39.9. The van der Waals surface area contributed by atoms with Gasteiger partial charge in [-0.05, 0) is 46.6 Å². The van der Waals surface area contributed by atoms with Gasteiger partial charge in [-0.1, -0.05) is 26.8 Å². The first kappa shape index (κ1) is 20.7. The summed E-state index contributed by atoms with van der Waals surface area (Å²) in [5, 5.41) is 0. The molecule has 1 aromatic rings. The number of hydrogen-bond donors (Lipinski definition) is 0. The molecule has 0 bridgehead atoms. The van der Waals surface area contributed by atoms with E-state index in [1.807, 2.05) is 39.8 Å². The number of pyridine rings is 1. The summed E-state index contributed by atoms with van der Waals surface area (Å²) in [4.78, 5) is 4.95. The summed E-state index contributed by atoms with van der Waals surface area (Å²) in [6, 6.07) is 4.04. The molecule has 0 radical (unpaired) electrons. The van der Waals surface area contributed by atoms with Crippen molar-refractivity contribution in [3.8, 4) is 0 Å². The largest absolute Gasteiger partial charge is 0.496 e. The monoisotopic (exact) mass is 379 g/mol. The van der Waals surface area contributed by atoms with Gasteiger partial charge in [0.15, 0.2) is 0 Å². The smallest absolute Gasteiger partial charge is 0.399 e. The van der Waals surface area contributed by atoms with E-state index in [9.17, 15) is 8.78 Å². The van der Waals surface area contributed by atoms with Crippen LogP contribution in [0.5, 0.6) is 0 Å². The van der Waals surface area contributed by atoms with Gasteiger partial charge in [-0.15, -0.1) is 0 Å². The lowest BCUT2D eigenvalue weighted by Gasteiger charge is -2.32. The predicted molar refractivity (Wildman–Crippen MR) is 105 cm³/mol. The van der Waals surface area contributed by atoms with Crippen LogP contribution in [-0.4, -0.2) is 29.2 Å². The summed E-state index contributed by atoms with van der Waals surface area (Å²) in [7, 11) is -0.519. The standard InChI is InChI=1S/C21H32BF2NO2/c1-18(2,3)16-9-8-15(22-26-19(4,5)20(6,7)27-22)17(25-16)14-10-12-21(23,24)13-11-14/h8-9,14H,10-13H2,1-7H3. The number of aromatic nitrogens is 1. The third-order valence-electron chi connectivity index (χ3n) is 6.34. The van der Waals surface area contributed by atoms with Crippen LogP contribution in [0.15, 0.2) is 12.1 Å². The average molecular weight is 379 g/mol. The van der Waals surface area contributed by atoms with Crippen molar-refractivity contribution in [3.05, 3.63) is 23.5 Å². The molecular weight excluding hydrogens is 347 g/mol. The van der Waals surface area contributed by atoms with Crippen molar-refractivity contribution in [1.82, 2.24) is 4.98 Å². The average Bonchev–Trinajstić information content (AvgIpc) is 2.74. The van der Waals surface area contributed by atoms with Gasteiger partial charge >= 0.3 is 7.12 Å². The van der Waals surface area contributed by atoms with Crippen molar-refractivity contribution in [3.63, 3.8) is 0 Å². The minimum absolute atomic E-state index is 0.0148. The summed E-state index contributed by atoms with van der Waals surface area (Å²) in [5.74, 6) is -2.54. The van der Waals surface area contributed by atoms with Crippen molar-refractivity contribution in [1.29, 1.82) is 0 Å². The Bertz CT molecular complexity index is 687. The summed E-state index contributed by atoms with van der Waals surface area (Å²) in [6.07, 6.45) is 0.726. The van der Waals surface area contributed by atoms with Gasteiger partial charge in [-0.3, -0.25) is 4.98 Å². The highest BCUT2D eigenvalue weighted by molar-refractivity contribution is 6.62. The molecule has 0 spiro atoms. The predicted octanol–water partition coefficient (Wildman–Crippen LogP) is 4.97. The molecule has 0 N–H and O–H groups in total. The molecule has 3 nitrogen and oxygen atoms in total. The van der Waals surface area contributed by atoms with Crippen molar-refractivity contribution in [2.24, 2.45) is 0 Å². The Morgan fingerprint density at radius 1 is 1.00 bits per heavy atom. The van der Waals surface area contributed by atoms with Crippen LogP contribution in [0.1, 0.15) is 91.5 Å². The van der Waals surface area contributed by atoms with Crippen LogP contribution in [0.25, 0.3) is 0 Å². The topological polar surface area (TPSA) is 31.4 Å². The summed E-state index contributed by atoms with van der Waals surface area (Å²) >= 11 is 0. The van der Waals surface area contributed by atoms with E-state index in [-0.39, 0.29) is 24.2 Å². The molecule has 2 aliphatic rings. The van der Waals surface area contributed by atoms with Crippen LogP contribution in [-0.2, 0) is 14.7 Å². The number of hydrogen-bond acceptors (Lipinski definition) is 3. The molecule has 6 heteroatoms. The molecule has 0 aromatic carbocycles. The maximum absolute atomic E-state index is 13.7. The molecule has 0 atom stereocenters. The van der Waals surface area contributed by atoms with E-state index in [0.717, 1.165) is 16.9 Å². The highest BCUT2D eigenvalue weighted by Crippen LogP contribution is 2.42. The molecule has 1 aliphatic heterocycles. The van der Waals surface area contributed by atoms with Crippen LogP contribution in [0.3, 0.4) is 0 Å². The lowest BCUT2D eigenvalue weighted by atomic mass is 9.71. The van der Waals surface area contributed by atoms with E-state index in [0.29, 0.717) is 12.8 Å². The van der Waals surface area contributed by atoms with Gasteiger partial charge in [0.2, 0.25) is 5.92 Å². The van der Waals surface area contributed by atoms with E-state index >= 15 is 0 Å². The van der Waals surface area contributed by atoms with Gasteiger partial charge in [0.1, 0.15) is 0 Å². The van der Waals surface area contributed by atoms with E-state index in [1.165, 1.54) is 0 Å². The maximum atomic E-state index is 13.7.